The maximum atomic E-state index is 3.68. The summed E-state index contributed by atoms with van der Waals surface area (Å²) in [5, 5.41) is 3.68. The summed E-state index contributed by atoms with van der Waals surface area (Å²) in [6, 6.07) is 0.749. The predicted octanol–water partition coefficient (Wildman–Crippen LogP) is 6.71. The van der Waals surface area contributed by atoms with E-state index in [9.17, 15) is 0 Å². The Morgan fingerprint density at radius 2 is 1.24 bits per heavy atom. The van der Waals surface area contributed by atoms with E-state index in [-0.39, 0.29) is 0 Å². The van der Waals surface area contributed by atoms with Crippen LogP contribution in [0.4, 0.5) is 0 Å². The van der Waals surface area contributed by atoms with Crippen molar-refractivity contribution < 1.29 is 0 Å². The van der Waals surface area contributed by atoms with Crippen LogP contribution in [0, 0.1) is 5.41 Å². The number of rotatable bonds is 14. The van der Waals surface area contributed by atoms with Gasteiger partial charge >= 0.3 is 0 Å². The molecule has 21 heavy (non-hydrogen) atoms. The van der Waals surface area contributed by atoms with Crippen LogP contribution in [0.2, 0.25) is 0 Å². The van der Waals surface area contributed by atoms with E-state index in [0.29, 0.717) is 5.41 Å². The third-order valence-electron chi connectivity index (χ3n) is 4.39. The standard InChI is InChI=1S/C20H43N/c1-6-8-9-10-11-12-13-14-15-16-19(21-7-2)17-18-20(3,4)5/h19,21H,6-18H2,1-5H3. The molecule has 1 N–H and O–H groups in total. The zero-order valence-electron chi connectivity index (χ0n) is 15.8. The lowest BCUT2D eigenvalue weighted by Gasteiger charge is -2.23. The highest BCUT2D eigenvalue weighted by Gasteiger charge is 2.14. The van der Waals surface area contributed by atoms with Gasteiger partial charge in [0.2, 0.25) is 0 Å². The number of hydrogen-bond donors (Lipinski definition) is 1. The van der Waals surface area contributed by atoms with Crippen molar-refractivity contribution >= 4 is 0 Å². The molecule has 1 heteroatoms. The summed E-state index contributed by atoms with van der Waals surface area (Å²) in [5.41, 5.74) is 0.478. The van der Waals surface area contributed by atoms with Crippen molar-refractivity contribution in [2.45, 2.75) is 118 Å². The van der Waals surface area contributed by atoms with E-state index in [0.717, 1.165) is 12.6 Å². The smallest absolute Gasteiger partial charge is 0.00671 e. The molecule has 0 fully saturated rings. The van der Waals surface area contributed by atoms with Gasteiger partial charge in [-0.1, -0.05) is 92.4 Å². The monoisotopic (exact) mass is 297 g/mol. The Bertz CT molecular complexity index is 204. The molecule has 0 bridgehead atoms. The Kier molecular flexibility index (Phi) is 13.6. The van der Waals surface area contributed by atoms with Gasteiger partial charge < -0.3 is 5.32 Å². The van der Waals surface area contributed by atoms with Crippen molar-refractivity contribution in [3.8, 4) is 0 Å². The van der Waals surface area contributed by atoms with Crippen LogP contribution in [-0.2, 0) is 0 Å². The first kappa shape index (κ1) is 21.0. The van der Waals surface area contributed by atoms with Crippen molar-refractivity contribution in [1.29, 1.82) is 0 Å². The Morgan fingerprint density at radius 1 is 0.714 bits per heavy atom. The number of hydrogen-bond acceptors (Lipinski definition) is 1. The van der Waals surface area contributed by atoms with Crippen molar-refractivity contribution in [1.82, 2.24) is 5.32 Å². The molecule has 0 amide bonds. The topological polar surface area (TPSA) is 12.0 Å². The first-order chi connectivity index (χ1) is 9.99. The average molecular weight is 298 g/mol. The number of unbranched alkanes of at least 4 members (excludes halogenated alkanes) is 8. The molecule has 0 aromatic rings. The molecule has 0 saturated carbocycles. The van der Waals surface area contributed by atoms with Crippen LogP contribution in [0.15, 0.2) is 0 Å². The molecular formula is C20H43N. The highest BCUT2D eigenvalue weighted by atomic mass is 14.9. The zero-order chi connectivity index (χ0) is 16.0. The van der Waals surface area contributed by atoms with Crippen LogP contribution < -0.4 is 5.32 Å². The molecule has 0 rings (SSSR count). The van der Waals surface area contributed by atoms with E-state index in [4.69, 9.17) is 0 Å². The van der Waals surface area contributed by atoms with Crippen LogP contribution in [0.1, 0.15) is 112 Å². The molecule has 0 heterocycles. The highest BCUT2D eigenvalue weighted by Crippen LogP contribution is 2.23. The summed E-state index contributed by atoms with van der Waals surface area (Å²) in [7, 11) is 0. The maximum Gasteiger partial charge on any atom is 0.00671 e. The summed E-state index contributed by atoms with van der Waals surface area (Å²) in [5.74, 6) is 0. The average Bonchev–Trinajstić information content (AvgIpc) is 2.42. The van der Waals surface area contributed by atoms with E-state index >= 15 is 0 Å². The number of nitrogens with one attached hydrogen (secondary N) is 1. The quantitative estimate of drug-likeness (QED) is 0.351. The third-order valence-corrected chi connectivity index (χ3v) is 4.39. The molecule has 0 aliphatic carbocycles. The molecule has 1 atom stereocenters. The van der Waals surface area contributed by atoms with Gasteiger partial charge in [0, 0.05) is 6.04 Å². The van der Waals surface area contributed by atoms with Gasteiger partial charge in [0.05, 0.1) is 0 Å². The van der Waals surface area contributed by atoms with E-state index in [1.807, 2.05) is 0 Å². The lowest BCUT2D eigenvalue weighted by Crippen LogP contribution is -2.30. The van der Waals surface area contributed by atoms with Gasteiger partial charge in [-0.05, 0) is 31.2 Å². The van der Waals surface area contributed by atoms with Crippen molar-refractivity contribution in [2.75, 3.05) is 6.54 Å². The van der Waals surface area contributed by atoms with Gasteiger partial charge in [-0.2, -0.15) is 0 Å². The Morgan fingerprint density at radius 3 is 1.71 bits per heavy atom. The minimum absolute atomic E-state index is 0.478. The minimum Gasteiger partial charge on any atom is -0.314 e. The van der Waals surface area contributed by atoms with E-state index in [1.54, 1.807) is 0 Å². The second kappa shape index (κ2) is 13.6. The molecule has 0 aromatic heterocycles. The second-order valence-electron chi connectivity index (χ2n) is 7.97. The molecule has 1 unspecified atom stereocenters. The van der Waals surface area contributed by atoms with Crippen molar-refractivity contribution in [3.63, 3.8) is 0 Å². The fourth-order valence-electron chi connectivity index (χ4n) is 2.95. The fraction of sp³-hybridized carbons (Fsp3) is 1.00. The van der Waals surface area contributed by atoms with Gasteiger partial charge in [-0.15, -0.1) is 0 Å². The van der Waals surface area contributed by atoms with Gasteiger partial charge in [-0.3, -0.25) is 0 Å². The molecule has 1 nitrogen and oxygen atoms in total. The van der Waals surface area contributed by atoms with Crippen LogP contribution in [0.3, 0.4) is 0 Å². The van der Waals surface area contributed by atoms with Crippen LogP contribution in [-0.4, -0.2) is 12.6 Å². The van der Waals surface area contributed by atoms with Gasteiger partial charge in [0.15, 0.2) is 0 Å². The lowest BCUT2D eigenvalue weighted by molar-refractivity contribution is 0.320. The largest absolute Gasteiger partial charge is 0.314 e. The van der Waals surface area contributed by atoms with E-state index in [2.05, 4.69) is 39.9 Å². The lowest BCUT2D eigenvalue weighted by atomic mass is 9.87. The Balaban J connectivity index is 3.51. The second-order valence-corrected chi connectivity index (χ2v) is 7.97. The van der Waals surface area contributed by atoms with Crippen LogP contribution in [0.25, 0.3) is 0 Å². The maximum absolute atomic E-state index is 3.68. The first-order valence-corrected chi connectivity index (χ1v) is 9.73. The molecule has 0 aliphatic heterocycles. The highest BCUT2D eigenvalue weighted by molar-refractivity contribution is 4.71. The SMILES string of the molecule is CCCCCCCCCCCC(CCC(C)(C)C)NCC. The summed E-state index contributed by atoms with van der Waals surface area (Å²) in [6.45, 7) is 12.7. The minimum atomic E-state index is 0.478. The summed E-state index contributed by atoms with van der Waals surface area (Å²) in [6.07, 6.45) is 17.0. The van der Waals surface area contributed by atoms with E-state index < -0.39 is 0 Å². The first-order valence-electron chi connectivity index (χ1n) is 9.73. The predicted molar refractivity (Wildman–Crippen MR) is 98.0 cm³/mol. The Hall–Kier alpha value is -0.0400. The molecule has 0 aromatic carbocycles. The molecule has 0 spiro atoms. The molecule has 0 radical (unpaired) electrons. The molecule has 0 aliphatic rings. The summed E-state index contributed by atoms with van der Waals surface area (Å²) in [4.78, 5) is 0. The summed E-state index contributed by atoms with van der Waals surface area (Å²) < 4.78 is 0. The van der Waals surface area contributed by atoms with Crippen LogP contribution >= 0.6 is 0 Å². The zero-order valence-corrected chi connectivity index (χ0v) is 15.8. The molecular weight excluding hydrogens is 254 g/mol. The van der Waals surface area contributed by atoms with Crippen LogP contribution in [0.5, 0.6) is 0 Å². The normalized spacial score (nSPS) is 13.6. The Labute approximate surface area is 135 Å². The summed E-state index contributed by atoms with van der Waals surface area (Å²) >= 11 is 0. The third kappa shape index (κ3) is 16.2. The fourth-order valence-corrected chi connectivity index (χ4v) is 2.95. The van der Waals surface area contributed by atoms with Gasteiger partial charge in [0.25, 0.3) is 0 Å². The van der Waals surface area contributed by atoms with E-state index in [1.165, 1.54) is 77.0 Å². The van der Waals surface area contributed by atoms with Crippen molar-refractivity contribution in [2.24, 2.45) is 5.41 Å². The van der Waals surface area contributed by atoms with Crippen molar-refractivity contribution in [3.05, 3.63) is 0 Å². The molecule has 128 valence electrons. The molecule has 0 saturated heterocycles. The van der Waals surface area contributed by atoms with Gasteiger partial charge in [-0.25, -0.2) is 0 Å². The van der Waals surface area contributed by atoms with Gasteiger partial charge in [0.1, 0.15) is 0 Å².